The van der Waals surface area contributed by atoms with Crippen LogP contribution in [0.4, 0.5) is 24.8 Å². The molecule has 202 valence electrons. The minimum absolute atomic E-state index is 0.154. The van der Waals surface area contributed by atoms with E-state index in [9.17, 15) is 13.2 Å². The lowest BCUT2D eigenvalue weighted by Crippen LogP contribution is -2.36. The van der Waals surface area contributed by atoms with E-state index in [4.69, 9.17) is 15.0 Å². The number of aromatic nitrogens is 4. The zero-order valence-corrected chi connectivity index (χ0v) is 22.3. The quantitative estimate of drug-likeness (QED) is 0.214. The Labute approximate surface area is 217 Å². The molecule has 0 atom stereocenters. The number of rotatable bonds is 6. The van der Waals surface area contributed by atoms with Crippen molar-refractivity contribution in [3.8, 4) is 16.9 Å². The highest BCUT2D eigenvalue weighted by atomic mass is 19.4. The van der Waals surface area contributed by atoms with Crippen LogP contribution in [0, 0.1) is 13.8 Å². The number of alkyl halides is 3. The molecule has 0 radical (unpaired) electrons. The predicted octanol–water partition coefficient (Wildman–Crippen LogP) is 5.81. The molecule has 0 saturated heterocycles. The van der Waals surface area contributed by atoms with Crippen molar-refractivity contribution in [1.29, 1.82) is 0 Å². The number of aromatic amines is 1. The van der Waals surface area contributed by atoms with Gasteiger partial charge in [-0.3, -0.25) is 4.68 Å². The number of anilines is 1. The van der Waals surface area contributed by atoms with Gasteiger partial charge in [-0.25, -0.2) is 4.99 Å². The number of nitrogens with zero attached hydrogens (tertiary/aromatic N) is 4. The van der Waals surface area contributed by atoms with Gasteiger partial charge in [0.2, 0.25) is 0 Å². The number of H-pyrrole nitrogens is 1. The molecule has 0 amide bonds. The standard InChI is InChI=1S/C26H30F3N7O2/c1-12(2)31-24(33-20-11-19(34-36(20)7)25(5,6)26(27,28)29)22-15-10-18(37-8)16(9-17(15)32-23(22)30)21-13(3)35-38-14(21)4/h9-11,32H,1,30H2,2-8H3,(H,31,33). The first kappa shape index (κ1) is 26.8. The maximum absolute atomic E-state index is 13.6. The molecule has 4 N–H and O–H groups in total. The lowest BCUT2D eigenvalue weighted by atomic mass is 9.89. The SMILES string of the molecule is C=C(C)NC(=Nc1cc(C(C)(C)C(F)(F)F)nn1C)c1c(N)[nH]c2cc(-c3c(C)noc3C)c(OC)cc12. The molecule has 1 aromatic carbocycles. The summed E-state index contributed by atoms with van der Waals surface area (Å²) in [6.07, 6.45) is -4.49. The van der Waals surface area contributed by atoms with E-state index in [1.165, 1.54) is 17.8 Å². The summed E-state index contributed by atoms with van der Waals surface area (Å²) in [4.78, 5) is 7.81. The molecule has 3 heterocycles. The summed E-state index contributed by atoms with van der Waals surface area (Å²) < 4.78 is 53.3. The van der Waals surface area contributed by atoms with Crippen molar-refractivity contribution < 1.29 is 22.4 Å². The van der Waals surface area contributed by atoms with Gasteiger partial charge in [-0.1, -0.05) is 11.7 Å². The van der Waals surface area contributed by atoms with Gasteiger partial charge < -0.3 is 25.3 Å². The zero-order chi connectivity index (χ0) is 28.2. The molecule has 0 aliphatic carbocycles. The first-order valence-electron chi connectivity index (χ1n) is 11.7. The minimum atomic E-state index is -4.49. The number of ether oxygens (including phenoxy) is 1. The number of halogens is 3. The second-order valence-corrected chi connectivity index (χ2v) is 9.71. The van der Waals surface area contributed by atoms with Crippen LogP contribution in [0.1, 0.15) is 43.5 Å². The van der Waals surface area contributed by atoms with Crippen molar-refractivity contribution in [2.75, 3.05) is 12.8 Å². The normalized spacial score (nSPS) is 12.8. The number of hydrogen-bond acceptors (Lipinski definition) is 6. The molecule has 0 fully saturated rings. The Morgan fingerprint density at radius 2 is 1.92 bits per heavy atom. The van der Waals surface area contributed by atoms with Gasteiger partial charge in [0.25, 0.3) is 0 Å². The van der Waals surface area contributed by atoms with Crippen molar-refractivity contribution in [2.45, 2.75) is 46.2 Å². The lowest BCUT2D eigenvalue weighted by Gasteiger charge is -2.25. The summed E-state index contributed by atoms with van der Waals surface area (Å²) in [5, 5.41) is 11.9. The van der Waals surface area contributed by atoms with Gasteiger partial charge in [-0.2, -0.15) is 18.3 Å². The fraction of sp³-hybridized carbons (Fsp3) is 0.346. The number of amidine groups is 1. The van der Waals surface area contributed by atoms with Crippen LogP contribution in [0.5, 0.6) is 5.75 Å². The number of hydrogen-bond donors (Lipinski definition) is 3. The van der Waals surface area contributed by atoms with Crippen molar-refractivity contribution in [3.63, 3.8) is 0 Å². The maximum atomic E-state index is 13.6. The minimum Gasteiger partial charge on any atom is -0.496 e. The van der Waals surface area contributed by atoms with E-state index in [2.05, 4.69) is 32.1 Å². The molecule has 0 unspecified atom stereocenters. The fourth-order valence-corrected chi connectivity index (χ4v) is 4.21. The van der Waals surface area contributed by atoms with Crippen LogP contribution in [0.15, 0.2) is 40.0 Å². The highest BCUT2D eigenvalue weighted by Crippen LogP contribution is 2.42. The van der Waals surface area contributed by atoms with Crippen LogP contribution < -0.4 is 15.8 Å². The largest absolute Gasteiger partial charge is 0.496 e. The van der Waals surface area contributed by atoms with E-state index in [-0.39, 0.29) is 17.3 Å². The summed E-state index contributed by atoms with van der Waals surface area (Å²) >= 11 is 0. The van der Waals surface area contributed by atoms with Gasteiger partial charge in [0.1, 0.15) is 28.6 Å². The predicted molar refractivity (Wildman–Crippen MR) is 141 cm³/mol. The van der Waals surface area contributed by atoms with Gasteiger partial charge in [-0.05, 0) is 46.8 Å². The van der Waals surface area contributed by atoms with Crippen LogP contribution >= 0.6 is 0 Å². The maximum Gasteiger partial charge on any atom is 0.399 e. The van der Waals surface area contributed by atoms with E-state index in [0.717, 1.165) is 25.0 Å². The fourth-order valence-electron chi connectivity index (χ4n) is 4.21. The second-order valence-electron chi connectivity index (χ2n) is 9.71. The van der Waals surface area contributed by atoms with Gasteiger partial charge >= 0.3 is 6.18 Å². The molecule has 4 rings (SSSR count). The Bertz CT molecular complexity index is 1550. The van der Waals surface area contributed by atoms with Crippen LogP contribution in [-0.2, 0) is 12.5 Å². The number of benzene rings is 1. The molecular formula is C26H30F3N7O2. The summed E-state index contributed by atoms with van der Waals surface area (Å²) in [7, 11) is 3.09. The van der Waals surface area contributed by atoms with Gasteiger partial charge in [0, 0.05) is 35.3 Å². The smallest absolute Gasteiger partial charge is 0.399 e. The third-order valence-electron chi connectivity index (χ3n) is 6.45. The van der Waals surface area contributed by atoms with E-state index < -0.39 is 11.6 Å². The van der Waals surface area contributed by atoms with Crippen LogP contribution in [0.3, 0.4) is 0 Å². The molecule has 4 aromatic rings. The third kappa shape index (κ3) is 4.50. The van der Waals surface area contributed by atoms with E-state index in [0.29, 0.717) is 45.2 Å². The Kier molecular flexibility index (Phi) is 6.54. The summed E-state index contributed by atoms with van der Waals surface area (Å²) in [6.45, 7) is 11.5. The molecule has 38 heavy (non-hydrogen) atoms. The van der Waals surface area contributed by atoms with Gasteiger partial charge in [0.15, 0.2) is 5.82 Å². The number of nitrogen functional groups attached to an aromatic ring is 1. The van der Waals surface area contributed by atoms with Crippen molar-refractivity contribution in [3.05, 3.63) is 53.2 Å². The van der Waals surface area contributed by atoms with Crippen LogP contribution in [-0.4, -0.2) is 39.0 Å². The molecule has 0 aliphatic heterocycles. The topological polar surface area (TPSA) is 119 Å². The first-order valence-corrected chi connectivity index (χ1v) is 11.7. The third-order valence-corrected chi connectivity index (χ3v) is 6.45. The van der Waals surface area contributed by atoms with Crippen molar-refractivity contribution >= 4 is 28.4 Å². The Hall–Kier alpha value is -4.22. The lowest BCUT2D eigenvalue weighted by molar-refractivity contribution is -0.181. The molecule has 0 spiro atoms. The average Bonchev–Trinajstić information content (AvgIpc) is 3.45. The molecule has 9 nitrogen and oxygen atoms in total. The monoisotopic (exact) mass is 529 g/mol. The van der Waals surface area contributed by atoms with E-state index >= 15 is 0 Å². The van der Waals surface area contributed by atoms with E-state index in [1.54, 1.807) is 14.0 Å². The molecular weight excluding hydrogens is 499 g/mol. The summed E-state index contributed by atoms with van der Waals surface area (Å²) in [5.41, 5.74) is 8.13. The number of allylic oxidation sites excluding steroid dienone is 1. The average molecular weight is 530 g/mol. The van der Waals surface area contributed by atoms with Gasteiger partial charge in [-0.15, -0.1) is 0 Å². The highest BCUT2D eigenvalue weighted by Gasteiger charge is 2.50. The summed E-state index contributed by atoms with van der Waals surface area (Å²) in [5.74, 6) is 1.97. The zero-order valence-electron chi connectivity index (χ0n) is 22.3. The van der Waals surface area contributed by atoms with Crippen LogP contribution in [0.25, 0.3) is 22.0 Å². The molecule has 0 bridgehead atoms. The number of methoxy groups -OCH3 is 1. The van der Waals surface area contributed by atoms with Crippen molar-refractivity contribution in [1.82, 2.24) is 25.2 Å². The Morgan fingerprint density at radius 1 is 1.24 bits per heavy atom. The highest BCUT2D eigenvalue weighted by molar-refractivity contribution is 6.15. The number of aliphatic imine (C=N–C) groups is 1. The number of fused-ring (bicyclic) bond motifs is 1. The van der Waals surface area contributed by atoms with Crippen LogP contribution in [0.2, 0.25) is 0 Å². The molecule has 12 heteroatoms. The number of nitrogens with one attached hydrogen (secondary N) is 2. The molecule has 0 saturated carbocycles. The Morgan fingerprint density at radius 3 is 2.47 bits per heavy atom. The number of nitrogens with two attached hydrogens (primary N) is 1. The Balaban J connectivity index is 1.92. The number of aryl methyl sites for hydroxylation is 3. The van der Waals surface area contributed by atoms with E-state index in [1.807, 2.05) is 26.0 Å². The van der Waals surface area contributed by atoms with Gasteiger partial charge in [0.05, 0.1) is 29.6 Å². The molecule has 0 aliphatic rings. The second kappa shape index (κ2) is 9.26. The van der Waals surface area contributed by atoms with Crippen molar-refractivity contribution in [2.24, 2.45) is 12.0 Å². The molecule has 3 aromatic heterocycles. The summed E-state index contributed by atoms with van der Waals surface area (Å²) in [6, 6.07) is 5.01. The first-order chi connectivity index (χ1) is 17.7.